The molecular weight excluding hydrogens is 483 g/mol. The lowest BCUT2D eigenvalue weighted by Crippen LogP contribution is -2.43. The van der Waals surface area contributed by atoms with Gasteiger partial charge in [0.25, 0.3) is 5.91 Å². The molecule has 0 saturated heterocycles. The zero-order valence-corrected chi connectivity index (χ0v) is 21.8. The van der Waals surface area contributed by atoms with Crippen LogP contribution in [0.5, 0.6) is 0 Å². The molecule has 5 nitrogen and oxygen atoms in total. The van der Waals surface area contributed by atoms with Crippen molar-refractivity contribution >= 4 is 35.0 Å². The second kappa shape index (κ2) is 13.4. The molecule has 0 N–H and O–H groups in total. The smallest absolute Gasteiger partial charge is 0.254 e. The van der Waals surface area contributed by atoms with Crippen LogP contribution in [0.25, 0.3) is 0 Å². The van der Waals surface area contributed by atoms with Crippen LogP contribution in [0.4, 0.5) is 0 Å². The Kier molecular flexibility index (Phi) is 10.2. The summed E-state index contributed by atoms with van der Waals surface area (Å²) >= 11 is 12.2. The van der Waals surface area contributed by atoms with Crippen LogP contribution in [0, 0.1) is 6.92 Å². The highest BCUT2D eigenvalue weighted by molar-refractivity contribution is 6.42. The molecule has 0 bridgehead atoms. The highest BCUT2D eigenvalue weighted by Crippen LogP contribution is 2.23. The molecule has 0 fully saturated rings. The highest BCUT2D eigenvalue weighted by Gasteiger charge is 2.23. The van der Waals surface area contributed by atoms with Gasteiger partial charge in [-0.1, -0.05) is 73.3 Å². The quantitative estimate of drug-likeness (QED) is 0.249. The van der Waals surface area contributed by atoms with Crippen molar-refractivity contribution in [3.05, 3.63) is 93.4 Å². The van der Waals surface area contributed by atoms with Crippen molar-refractivity contribution in [1.29, 1.82) is 0 Å². The van der Waals surface area contributed by atoms with E-state index in [1.807, 2.05) is 49.4 Å². The fraction of sp³-hybridized carbons (Fsp3) is 0.357. The Morgan fingerprint density at radius 1 is 0.886 bits per heavy atom. The van der Waals surface area contributed by atoms with E-state index in [0.717, 1.165) is 36.3 Å². The molecule has 0 unspecified atom stereocenters. The summed E-state index contributed by atoms with van der Waals surface area (Å²) in [6.45, 7) is 5.33. The van der Waals surface area contributed by atoms with Crippen LogP contribution in [0.2, 0.25) is 10.0 Å². The molecule has 0 radical (unpaired) electrons. The number of hydrogen-bond donors (Lipinski definition) is 0. The van der Waals surface area contributed by atoms with Gasteiger partial charge in [0.05, 0.1) is 16.6 Å². The number of amides is 2. The minimum atomic E-state index is -0.232. The molecule has 3 rings (SSSR count). The molecule has 0 saturated carbocycles. The van der Waals surface area contributed by atoms with E-state index in [1.165, 1.54) is 0 Å². The minimum absolute atomic E-state index is 0.0166. The zero-order valence-electron chi connectivity index (χ0n) is 20.3. The lowest BCUT2D eigenvalue weighted by atomic mass is 10.1. The number of halogens is 2. The molecule has 1 heterocycles. The van der Waals surface area contributed by atoms with Gasteiger partial charge in [0.1, 0.15) is 18.1 Å². The van der Waals surface area contributed by atoms with Crippen LogP contribution in [-0.4, -0.2) is 41.2 Å². The van der Waals surface area contributed by atoms with Gasteiger partial charge in [-0.2, -0.15) is 0 Å². The van der Waals surface area contributed by atoms with Crippen molar-refractivity contribution in [2.75, 3.05) is 19.6 Å². The molecule has 186 valence electrons. The SMILES string of the molecule is CCCCCN(CC(=O)N(CCc1ccccc1)Cc1ccc(C)o1)C(=O)c1ccc(Cl)c(Cl)c1. The summed E-state index contributed by atoms with van der Waals surface area (Å²) in [4.78, 5) is 30.2. The predicted molar refractivity (Wildman–Crippen MR) is 141 cm³/mol. The highest BCUT2D eigenvalue weighted by atomic mass is 35.5. The Labute approximate surface area is 217 Å². The van der Waals surface area contributed by atoms with Crippen LogP contribution in [0.3, 0.4) is 0 Å². The summed E-state index contributed by atoms with van der Waals surface area (Å²) in [6, 6.07) is 18.6. The number of rotatable bonds is 12. The predicted octanol–water partition coefficient (Wildman–Crippen LogP) is 6.80. The van der Waals surface area contributed by atoms with E-state index in [9.17, 15) is 9.59 Å². The number of benzene rings is 2. The van der Waals surface area contributed by atoms with Gasteiger partial charge in [0.15, 0.2) is 0 Å². The van der Waals surface area contributed by atoms with Crippen molar-refractivity contribution in [3.63, 3.8) is 0 Å². The fourth-order valence-electron chi connectivity index (χ4n) is 3.84. The Balaban J connectivity index is 1.78. The maximum Gasteiger partial charge on any atom is 0.254 e. The summed E-state index contributed by atoms with van der Waals surface area (Å²) in [7, 11) is 0. The third-order valence-corrected chi connectivity index (χ3v) is 6.56. The van der Waals surface area contributed by atoms with Gasteiger partial charge in [0.2, 0.25) is 5.91 Å². The zero-order chi connectivity index (χ0) is 25.2. The van der Waals surface area contributed by atoms with E-state index in [1.54, 1.807) is 28.0 Å². The van der Waals surface area contributed by atoms with Gasteiger partial charge in [-0.3, -0.25) is 9.59 Å². The lowest BCUT2D eigenvalue weighted by molar-refractivity contribution is -0.132. The van der Waals surface area contributed by atoms with E-state index in [0.29, 0.717) is 41.7 Å². The summed E-state index contributed by atoms with van der Waals surface area (Å²) < 4.78 is 5.74. The third-order valence-electron chi connectivity index (χ3n) is 5.82. The van der Waals surface area contributed by atoms with Gasteiger partial charge >= 0.3 is 0 Å². The number of unbranched alkanes of at least 4 members (excludes halogenated alkanes) is 2. The standard InChI is InChI=1S/C28H32Cl2N2O3/c1-3-4-8-16-32(28(34)23-12-14-25(29)26(30)18-23)20-27(33)31(19-24-13-11-21(2)35-24)17-15-22-9-6-5-7-10-22/h5-7,9-14,18H,3-4,8,15-17,19-20H2,1-2H3. The molecule has 2 amide bonds. The van der Waals surface area contributed by atoms with Gasteiger partial charge < -0.3 is 14.2 Å². The molecule has 2 aromatic carbocycles. The second-order valence-electron chi connectivity index (χ2n) is 8.63. The Morgan fingerprint density at radius 2 is 1.66 bits per heavy atom. The number of carbonyl (C=O) groups is 2. The van der Waals surface area contributed by atoms with Crippen molar-refractivity contribution in [3.8, 4) is 0 Å². The molecule has 7 heteroatoms. The average molecular weight is 515 g/mol. The van der Waals surface area contributed by atoms with E-state index < -0.39 is 0 Å². The Bertz CT molecular complexity index is 1110. The van der Waals surface area contributed by atoms with E-state index in [2.05, 4.69) is 6.92 Å². The van der Waals surface area contributed by atoms with Crippen LogP contribution in [-0.2, 0) is 17.8 Å². The number of carbonyl (C=O) groups excluding carboxylic acids is 2. The molecule has 0 spiro atoms. The summed E-state index contributed by atoms with van der Waals surface area (Å²) in [5.74, 6) is 1.16. The van der Waals surface area contributed by atoms with Gasteiger partial charge in [-0.05, 0) is 55.7 Å². The summed E-state index contributed by atoms with van der Waals surface area (Å²) in [5.41, 5.74) is 1.56. The first-order valence-corrected chi connectivity index (χ1v) is 12.7. The van der Waals surface area contributed by atoms with Crippen LogP contribution in [0.1, 0.15) is 53.6 Å². The maximum atomic E-state index is 13.5. The first-order valence-electron chi connectivity index (χ1n) is 12.0. The molecule has 0 aliphatic carbocycles. The molecule has 1 aromatic heterocycles. The molecular formula is C28H32Cl2N2O3. The molecule has 0 aliphatic heterocycles. The van der Waals surface area contributed by atoms with E-state index in [4.69, 9.17) is 27.6 Å². The van der Waals surface area contributed by atoms with Crippen LogP contribution < -0.4 is 0 Å². The van der Waals surface area contributed by atoms with Crippen molar-refractivity contribution < 1.29 is 14.0 Å². The normalized spacial score (nSPS) is 10.9. The Hall–Kier alpha value is -2.76. The molecule has 35 heavy (non-hydrogen) atoms. The number of hydrogen-bond acceptors (Lipinski definition) is 3. The van der Waals surface area contributed by atoms with Crippen molar-refractivity contribution in [2.45, 2.75) is 46.1 Å². The second-order valence-corrected chi connectivity index (χ2v) is 9.44. The van der Waals surface area contributed by atoms with Crippen LogP contribution in [0.15, 0.2) is 65.1 Å². The molecule has 3 aromatic rings. The third kappa shape index (κ3) is 8.15. The first kappa shape index (κ1) is 26.8. The van der Waals surface area contributed by atoms with E-state index >= 15 is 0 Å². The largest absolute Gasteiger partial charge is 0.464 e. The fourth-order valence-corrected chi connectivity index (χ4v) is 4.14. The first-order chi connectivity index (χ1) is 16.9. The van der Waals surface area contributed by atoms with Gasteiger partial charge in [-0.25, -0.2) is 0 Å². The van der Waals surface area contributed by atoms with Crippen molar-refractivity contribution in [2.24, 2.45) is 0 Å². The monoisotopic (exact) mass is 514 g/mol. The maximum absolute atomic E-state index is 13.5. The summed E-state index contributed by atoms with van der Waals surface area (Å²) in [5, 5.41) is 0.702. The van der Waals surface area contributed by atoms with E-state index in [-0.39, 0.29) is 18.4 Å². The number of aryl methyl sites for hydroxylation is 1. The molecule has 0 aliphatic rings. The van der Waals surface area contributed by atoms with Gasteiger partial charge in [-0.15, -0.1) is 0 Å². The molecule has 0 atom stereocenters. The Morgan fingerprint density at radius 3 is 2.31 bits per heavy atom. The number of nitrogens with zero attached hydrogens (tertiary/aromatic N) is 2. The lowest BCUT2D eigenvalue weighted by Gasteiger charge is -2.27. The average Bonchev–Trinajstić information content (AvgIpc) is 3.27. The van der Waals surface area contributed by atoms with Crippen molar-refractivity contribution in [1.82, 2.24) is 9.80 Å². The summed E-state index contributed by atoms with van der Waals surface area (Å²) in [6.07, 6.45) is 3.52. The van der Waals surface area contributed by atoms with Gasteiger partial charge in [0, 0.05) is 18.7 Å². The number of furan rings is 1. The van der Waals surface area contributed by atoms with Crippen LogP contribution >= 0.6 is 23.2 Å². The minimum Gasteiger partial charge on any atom is -0.464 e. The topological polar surface area (TPSA) is 53.8 Å².